The Morgan fingerprint density at radius 3 is 1.32 bits per heavy atom. The van der Waals surface area contributed by atoms with Gasteiger partial charge in [-0.15, -0.1) is 0 Å². The van der Waals surface area contributed by atoms with E-state index in [1.807, 2.05) is 0 Å². The molecule has 0 amide bonds. The van der Waals surface area contributed by atoms with Gasteiger partial charge in [-0.05, 0) is 24.3 Å². The minimum Gasteiger partial charge on any atom is -0.364 e. The van der Waals surface area contributed by atoms with Crippen LogP contribution in [-0.2, 0) is 24.4 Å². The first kappa shape index (κ1) is 16.5. The highest BCUT2D eigenvalue weighted by atomic mass is 32.2. The number of fused-ring (bicyclic) bond motifs is 2. The lowest BCUT2D eigenvalue weighted by Crippen LogP contribution is -2.45. The number of hydrogen-bond donors (Lipinski definition) is 0. The molecule has 2 aromatic carbocycles. The fraction of sp³-hybridized carbons (Fsp3) is 0.222. The van der Waals surface area contributed by atoms with Crippen molar-refractivity contribution in [1.29, 1.82) is 0 Å². The molecule has 0 N–H and O–H groups in total. The summed E-state index contributed by atoms with van der Waals surface area (Å²) < 4.78 is 58.2. The van der Waals surface area contributed by atoms with E-state index in [1.54, 1.807) is 48.6 Å². The fourth-order valence-electron chi connectivity index (χ4n) is 3.48. The van der Waals surface area contributed by atoms with Crippen LogP contribution in [0.3, 0.4) is 0 Å². The van der Waals surface area contributed by atoms with Crippen LogP contribution in [0.25, 0.3) is 0 Å². The maximum Gasteiger partial charge on any atom is 0.185 e. The van der Waals surface area contributed by atoms with Gasteiger partial charge in [-0.2, -0.15) is 0 Å². The van der Waals surface area contributed by atoms with Gasteiger partial charge < -0.3 is 4.74 Å². The van der Waals surface area contributed by atoms with Crippen molar-refractivity contribution in [3.63, 3.8) is 0 Å². The highest BCUT2D eigenvalue weighted by Crippen LogP contribution is 2.41. The Bertz CT molecular complexity index is 928. The van der Waals surface area contributed by atoms with E-state index in [1.165, 1.54) is 24.3 Å². The molecule has 7 heteroatoms. The second-order valence-electron chi connectivity index (χ2n) is 6.10. The number of ether oxygens (including phenoxy) is 1. The minimum atomic E-state index is -3.87. The van der Waals surface area contributed by atoms with Gasteiger partial charge in [0.2, 0.25) is 0 Å². The third-order valence-corrected chi connectivity index (χ3v) is 9.22. The summed E-state index contributed by atoms with van der Waals surface area (Å²) in [5.74, 6) is 0. The van der Waals surface area contributed by atoms with Crippen molar-refractivity contribution < 1.29 is 21.6 Å². The summed E-state index contributed by atoms with van der Waals surface area (Å²) in [5, 5.41) is -2.31. The van der Waals surface area contributed by atoms with Crippen molar-refractivity contribution in [2.45, 2.75) is 32.5 Å². The third kappa shape index (κ3) is 2.54. The van der Waals surface area contributed by atoms with E-state index in [9.17, 15) is 16.8 Å². The third-order valence-electron chi connectivity index (χ3n) is 4.64. The number of sulfone groups is 2. The molecule has 2 heterocycles. The van der Waals surface area contributed by atoms with E-state index in [4.69, 9.17) is 4.74 Å². The normalized spacial score (nSPS) is 28.3. The van der Waals surface area contributed by atoms with Crippen LogP contribution in [0.5, 0.6) is 0 Å². The Morgan fingerprint density at radius 1 is 0.600 bits per heavy atom. The summed E-state index contributed by atoms with van der Waals surface area (Å²) in [6.45, 7) is 0. The molecule has 4 atom stereocenters. The van der Waals surface area contributed by atoms with Crippen LogP contribution in [0.1, 0.15) is 0 Å². The van der Waals surface area contributed by atoms with Crippen molar-refractivity contribution in [3.8, 4) is 0 Å². The molecule has 2 aliphatic rings. The van der Waals surface area contributed by atoms with Crippen LogP contribution in [0, 0.1) is 0 Å². The van der Waals surface area contributed by atoms with Gasteiger partial charge in [-0.3, -0.25) is 0 Å². The van der Waals surface area contributed by atoms with Gasteiger partial charge in [0, 0.05) is 0 Å². The first-order chi connectivity index (χ1) is 11.9. The Balaban J connectivity index is 1.84. The Kier molecular flexibility index (Phi) is 3.82. The molecule has 130 valence electrons. The molecule has 2 bridgehead atoms. The number of hydrogen-bond acceptors (Lipinski definition) is 5. The fourth-order valence-corrected chi connectivity index (χ4v) is 8.09. The lowest BCUT2D eigenvalue weighted by Gasteiger charge is -2.25. The second kappa shape index (κ2) is 5.79. The highest BCUT2D eigenvalue weighted by Gasteiger charge is 2.58. The van der Waals surface area contributed by atoms with Crippen LogP contribution >= 0.6 is 0 Å². The standard InChI is InChI=1S/C18H16O5S2/c19-24(20,13-7-3-1-4-8-13)17-15-11-12-16(23-15)18(17)25(21,22)14-9-5-2-6-10-14/h1-12,15-18H/t15-,16-,17-,18-/m0/s1. The highest BCUT2D eigenvalue weighted by molar-refractivity contribution is 7.96. The lowest BCUT2D eigenvalue weighted by atomic mass is 10.1. The topological polar surface area (TPSA) is 77.5 Å². The minimum absolute atomic E-state index is 0.109. The van der Waals surface area contributed by atoms with Gasteiger partial charge in [-0.1, -0.05) is 48.6 Å². The molecule has 0 spiro atoms. The first-order valence-corrected chi connectivity index (χ1v) is 10.9. The number of rotatable bonds is 4. The molecular formula is C18H16O5S2. The Labute approximate surface area is 146 Å². The molecule has 5 nitrogen and oxygen atoms in total. The summed E-state index contributed by atoms with van der Waals surface area (Å²) in [6, 6.07) is 15.9. The zero-order chi connectivity index (χ0) is 17.7. The van der Waals surface area contributed by atoms with Gasteiger partial charge in [-0.25, -0.2) is 16.8 Å². The molecule has 0 unspecified atom stereocenters. The zero-order valence-electron chi connectivity index (χ0n) is 13.1. The van der Waals surface area contributed by atoms with E-state index in [-0.39, 0.29) is 9.79 Å². The molecule has 4 rings (SSSR count). The molecule has 0 aliphatic carbocycles. The van der Waals surface area contributed by atoms with E-state index in [0.717, 1.165) is 0 Å². The maximum absolute atomic E-state index is 13.1. The molecule has 2 aromatic rings. The molecule has 0 radical (unpaired) electrons. The van der Waals surface area contributed by atoms with Crippen LogP contribution < -0.4 is 0 Å². The summed E-state index contributed by atoms with van der Waals surface area (Å²) in [6.07, 6.45) is 1.79. The average molecular weight is 376 g/mol. The summed E-state index contributed by atoms with van der Waals surface area (Å²) in [7, 11) is -7.73. The zero-order valence-corrected chi connectivity index (χ0v) is 14.7. The van der Waals surface area contributed by atoms with Crippen molar-refractivity contribution in [3.05, 3.63) is 72.8 Å². The quantitative estimate of drug-likeness (QED) is 0.763. The van der Waals surface area contributed by atoms with Crippen LogP contribution in [0.15, 0.2) is 82.6 Å². The molecule has 1 fully saturated rings. The van der Waals surface area contributed by atoms with Crippen molar-refractivity contribution in [2.75, 3.05) is 0 Å². The predicted molar refractivity (Wildman–Crippen MR) is 92.6 cm³/mol. The predicted octanol–water partition coefficient (Wildman–Crippen LogP) is 2.01. The Hall–Kier alpha value is -1.96. The Morgan fingerprint density at radius 2 is 0.960 bits per heavy atom. The van der Waals surface area contributed by atoms with Crippen molar-refractivity contribution in [2.24, 2.45) is 0 Å². The molecular weight excluding hydrogens is 360 g/mol. The average Bonchev–Trinajstić information content (AvgIpc) is 3.25. The van der Waals surface area contributed by atoms with Crippen LogP contribution in [0.2, 0.25) is 0 Å². The SMILES string of the molecule is O=S(=O)(c1ccccc1)[C@@H]1[C@@H](S(=O)(=O)c2ccccc2)[C@@H]2C=C[C@@H]1O2. The molecule has 2 aliphatic heterocycles. The van der Waals surface area contributed by atoms with Crippen LogP contribution in [0.4, 0.5) is 0 Å². The van der Waals surface area contributed by atoms with E-state index in [0.29, 0.717) is 0 Å². The van der Waals surface area contributed by atoms with Crippen molar-refractivity contribution >= 4 is 19.7 Å². The van der Waals surface area contributed by atoms with E-state index in [2.05, 4.69) is 0 Å². The molecule has 0 aromatic heterocycles. The van der Waals surface area contributed by atoms with E-state index >= 15 is 0 Å². The van der Waals surface area contributed by atoms with Gasteiger partial charge in [0.05, 0.1) is 22.0 Å². The van der Waals surface area contributed by atoms with Crippen molar-refractivity contribution in [1.82, 2.24) is 0 Å². The molecule has 25 heavy (non-hydrogen) atoms. The monoisotopic (exact) mass is 376 g/mol. The van der Waals surface area contributed by atoms with Gasteiger partial charge >= 0.3 is 0 Å². The maximum atomic E-state index is 13.1. The summed E-state index contributed by atoms with van der Waals surface area (Å²) >= 11 is 0. The second-order valence-corrected chi connectivity index (χ2v) is 10.3. The smallest absolute Gasteiger partial charge is 0.185 e. The number of benzene rings is 2. The van der Waals surface area contributed by atoms with E-state index < -0.39 is 42.4 Å². The van der Waals surface area contributed by atoms with Gasteiger partial charge in [0.1, 0.15) is 10.5 Å². The van der Waals surface area contributed by atoms with Crippen LogP contribution in [-0.4, -0.2) is 39.5 Å². The molecule has 0 saturated carbocycles. The first-order valence-electron chi connectivity index (χ1n) is 7.84. The lowest BCUT2D eigenvalue weighted by molar-refractivity contribution is 0.121. The summed E-state index contributed by atoms with van der Waals surface area (Å²) in [4.78, 5) is 0.218. The largest absolute Gasteiger partial charge is 0.364 e. The molecule has 1 saturated heterocycles. The van der Waals surface area contributed by atoms with Gasteiger partial charge in [0.25, 0.3) is 0 Å². The summed E-state index contributed by atoms with van der Waals surface area (Å²) in [5.41, 5.74) is 0. The van der Waals surface area contributed by atoms with Gasteiger partial charge in [0.15, 0.2) is 19.7 Å².